The van der Waals surface area contributed by atoms with Gasteiger partial charge in [-0.1, -0.05) is 12.8 Å². The third-order valence-corrected chi connectivity index (χ3v) is 5.97. The van der Waals surface area contributed by atoms with Crippen LogP contribution in [0.5, 0.6) is 0 Å². The van der Waals surface area contributed by atoms with Crippen LogP contribution in [0.2, 0.25) is 0 Å². The van der Waals surface area contributed by atoms with Gasteiger partial charge in [-0.2, -0.15) is 5.10 Å². The average Bonchev–Trinajstić information content (AvgIpc) is 3.49. The number of hydrogen-bond acceptors (Lipinski definition) is 5. The predicted octanol–water partition coefficient (Wildman–Crippen LogP) is 4.28. The van der Waals surface area contributed by atoms with Crippen molar-refractivity contribution in [3.8, 4) is 5.69 Å². The van der Waals surface area contributed by atoms with Crippen molar-refractivity contribution in [1.29, 1.82) is 0 Å². The Morgan fingerprint density at radius 3 is 2.24 bits per heavy atom. The number of nitrogens with one attached hydrogen (secondary N) is 2. The van der Waals surface area contributed by atoms with Gasteiger partial charge >= 0.3 is 5.97 Å². The van der Waals surface area contributed by atoms with Crippen LogP contribution in [-0.4, -0.2) is 40.2 Å². The van der Waals surface area contributed by atoms with Crippen LogP contribution in [0.3, 0.4) is 0 Å². The fourth-order valence-corrected chi connectivity index (χ4v) is 4.08. The van der Waals surface area contributed by atoms with Crippen LogP contribution in [0.15, 0.2) is 54.7 Å². The lowest BCUT2D eigenvalue weighted by atomic mass is 10.1. The third-order valence-electron chi connectivity index (χ3n) is 5.97. The second-order valence-corrected chi connectivity index (χ2v) is 8.31. The van der Waals surface area contributed by atoms with Crippen molar-refractivity contribution in [3.63, 3.8) is 0 Å². The summed E-state index contributed by atoms with van der Waals surface area (Å²) in [5, 5.41) is 10.2. The molecule has 0 radical (unpaired) electrons. The molecule has 0 spiro atoms. The Bertz CT molecular complexity index is 1180. The number of carbonyl (C=O) groups excluding carboxylic acids is 3. The summed E-state index contributed by atoms with van der Waals surface area (Å²) in [6.07, 6.45) is 5.86. The van der Waals surface area contributed by atoms with E-state index in [0.29, 0.717) is 34.7 Å². The van der Waals surface area contributed by atoms with Crippen LogP contribution in [0, 0.1) is 6.92 Å². The van der Waals surface area contributed by atoms with Crippen LogP contribution >= 0.6 is 0 Å². The molecule has 4 rings (SSSR count). The molecule has 34 heavy (non-hydrogen) atoms. The number of ether oxygens (including phenoxy) is 1. The predicted molar refractivity (Wildman–Crippen MR) is 128 cm³/mol. The molecule has 0 atom stereocenters. The van der Waals surface area contributed by atoms with E-state index in [1.807, 2.05) is 0 Å². The maximum Gasteiger partial charge on any atom is 0.341 e. The van der Waals surface area contributed by atoms with Crippen LogP contribution in [0.1, 0.15) is 69.4 Å². The minimum absolute atomic E-state index is 0.0830. The van der Waals surface area contributed by atoms with Gasteiger partial charge in [0.2, 0.25) is 0 Å². The first-order valence-corrected chi connectivity index (χ1v) is 11.5. The SMILES string of the molecule is CCOC(=O)c1cnn(-c2ccc(C(=O)Nc3ccc(C(=O)NC4CCCC4)cc3)cc2)c1C. The van der Waals surface area contributed by atoms with E-state index in [1.54, 1.807) is 67.1 Å². The first-order valence-electron chi connectivity index (χ1n) is 11.5. The zero-order valence-electron chi connectivity index (χ0n) is 19.3. The number of nitrogens with zero attached hydrogens (tertiary/aromatic N) is 2. The molecule has 8 heteroatoms. The monoisotopic (exact) mass is 460 g/mol. The molecule has 3 aromatic rings. The number of carbonyl (C=O) groups is 3. The van der Waals surface area contributed by atoms with Crippen molar-refractivity contribution in [2.45, 2.75) is 45.6 Å². The van der Waals surface area contributed by atoms with Crippen LogP contribution < -0.4 is 10.6 Å². The number of rotatable bonds is 7. The van der Waals surface area contributed by atoms with E-state index in [9.17, 15) is 14.4 Å². The van der Waals surface area contributed by atoms with Crippen molar-refractivity contribution in [1.82, 2.24) is 15.1 Å². The van der Waals surface area contributed by atoms with Gasteiger partial charge < -0.3 is 15.4 Å². The van der Waals surface area contributed by atoms with Gasteiger partial charge in [-0.25, -0.2) is 9.48 Å². The number of aromatic nitrogens is 2. The van der Waals surface area contributed by atoms with Gasteiger partial charge in [0.25, 0.3) is 11.8 Å². The number of amides is 2. The quantitative estimate of drug-likeness (QED) is 0.513. The summed E-state index contributed by atoms with van der Waals surface area (Å²) in [7, 11) is 0. The molecule has 0 saturated heterocycles. The molecule has 176 valence electrons. The Morgan fingerprint density at radius 1 is 0.971 bits per heavy atom. The number of esters is 1. The van der Waals surface area contributed by atoms with Gasteiger partial charge in [-0.3, -0.25) is 9.59 Å². The van der Waals surface area contributed by atoms with Crippen molar-refractivity contribution >= 4 is 23.5 Å². The van der Waals surface area contributed by atoms with Gasteiger partial charge in [0.15, 0.2) is 0 Å². The van der Waals surface area contributed by atoms with Crippen molar-refractivity contribution in [2.75, 3.05) is 11.9 Å². The van der Waals surface area contributed by atoms with E-state index in [1.165, 1.54) is 6.20 Å². The molecule has 1 aliphatic rings. The van der Waals surface area contributed by atoms with Gasteiger partial charge in [-0.15, -0.1) is 0 Å². The molecular weight excluding hydrogens is 432 g/mol. The molecule has 8 nitrogen and oxygen atoms in total. The second-order valence-electron chi connectivity index (χ2n) is 8.31. The minimum atomic E-state index is -0.413. The van der Waals surface area contributed by atoms with E-state index in [2.05, 4.69) is 15.7 Å². The maximum atomic E-state index is 12.7. The zero-order chi connectivity index (χ0) is 24.1. The summed E-state index contributed by atoms with van der Waals surface area (Å²) in [4.78, 5) is 37.0. The summed E-state index contributed by atoms with van der Waals surface area (Å²) >= 11 is 0. The van der Waals surface area contributed by atoms with Gasteiger partial charge in [-0.05, 0) is 75.2 Å². The standard InChI is InChI=1S/C26H28N4O4/c1-3-34-26(33)23-16-27-30(17(23)2)22-14-10-19(11-15-22)25(32)29-21-12-8-18(9-13-21)24(31)28-20-6-4-5-7-20/h8-16,20H,3-7H2,1-2H3,(H,28,31)(H,29,32). The second kappa shape index (κ2) is 10.3. The zero-order valence-corrected chi connectivity index (χ0v) is 19.3. The molecular formula is C26H28N4O4. The van der Waals surface area contributed by atoms with E-state index in [-0.39, 0.29) is 17.9 Å². The summed E-state index contributed by atoms with van der Waals surface area (Å²) in [6.45, 7) is 3.84. The molecule has 0 aliphatic heterocycles. The van der Waals surface area contributed by atoms with Crippen molar-refractivity contribution in [2.24, 2.45) is 0 Å². The van der Waals surface area contributed by atoms with E-state index < -0.39 is 5.97 Å². The fourth-order valence-electron chi connectivity index (χ4n) is 4.08. The highest BCUT2D eigenvalue weighted by molar-refractivity contribution is 6.04. The van der Waals surface area contributed by atoms with E-state index in [0.717, 1.165) is 31.4 Å². The lowest BCUT2D eigenvalue weighted by Gasteiger charge is -2.12. The van der Waals surface area contributed by atoms with Crippen molar-refractivity contribution < 1.29 is 19.1 Å². The summed E-state index contributed by atoms with van der Waals surface area (Å²) < 4.78 is 6.68. The van der Waals surface area contributed by atoms with E-state index >= 15 is 0 Å². The molecule has 0 bridgehead atoms. The Balaban J connectivity index is 1.38. The fraction of sp³-hybridized carbons (Fsp3) is 0.308. The van der Waals surface area contributed by atoms with Gasteiger partial charge in [0.05, 0.1) is 24.2 Å². The lowest BCUT2D eigenvalue weighted by molar-refractivity contribution is 0.0525. The van der Waals surface area contributed by atoms with Crippen LogP contribution in [0.25, 0.3) is 5.69 Å². The van der Waals surface area contributed by atoms with Crippen LogP contribution in [0.4, 0.5) is 5.69 Å². The Labute approximate surface area is 198 Å². The topological polar surface area (TPSA) is 102 Å². The summed E-state index contributed by atoms with van der Waals surface area (Å²) in [5.74, 6) is -0.760. The van der Waals surface area contributed by atoms with Crippen LogP contribution in [-0.2, 0) is 4.74 Å². The number of benzene rings is 2. The molecule has 0 unspecified atom stereocenters. The molecule has 1 aromatic heterocycles. The summed E-state index contributed by atoms with van der Waals surface area (Å²) in [6, 6.07) is 14.0. The van der Waals surface area contributed by atoms with E-state index in [4.69, 9.17) is 4.74 Å². The van der Waals surface area contributed by atoms with Gasteiger partial charge in [0, 0.05) is 22.9 Å². The minimum Gasteiger partial charge on any atom is -0.462 e. The highest BCUT2D eigenvalue weighted by atomic mass is 16.5. The number of hydrogen-bond donors (Lipinski definition) is 2. The first kappa shape index (κ1) is 23.2. The molecule has 1 aliphatic carbocycles. The molecule has 2 aromatic carbocycles. The summed E-state index contributed by atoms with van der Waals surface area (Å²) in [5.41, 5.74) is 3.45. The molecule has 1 saturated carbocycles. The first-order chi connectivity index (χ1) is 16.5. The normalized spacial score (nSPS) is 13.5. The largest absolute Gasteiger partial charge is 0.462 e. The maximum absolute atomic E-state index is 12.7. The Hall–Kier alpha value is -3.94. The molecule has 2 N–H and O–H groups in total. The molecule has 1 heterocycles. The lowest BCUT2D eigenvalue weighted by Crippen LogP contribution is -2.32. The molecule has 2 amide bonds. The molecule has 1 fully saturated rings. The average molecular weight is 461 g/mol. The highest BCUT2D eigenvalue weighted by Gasteiger charge is 2.18. The van der Waals surface area contributed by atoms with Crippen molar-refractivity contribution in [3.05, 3.63) is 77.1 Å². The third kappa shape index (κ3) is 5.17. The Morgan fingerprint density at radius 2 is 1.59 bits per heavy atom. The Kier molecular flexibility index (Phi) is 7.06. The smallest absolute Gasteiger partial charge is 0.341 e. The van der Waals surface area contributed by atoms with Gasteiger partial charge in [0.1, 0.15) is 5.56 Å². The number of anilines is 1. The highest BCUT2D eigenvalue weighted by Crippen LogP contribution is 2.19.